The van der Waals surface area contributed by atoms with Gasteiger partial charge in [0.25, 0.3) is 0 Å². The van der Waals surface area contributed by atoms with Crippen molar-refractivity contribution in [1.82, 2.24) is 4.90 Å². The van der Waals surface area contributed by atoms with Crippen molar-refractivity contribution in [3.63, 3.8) is 0 Å². The van der Waals surface area contributed by atoms with Gasteiger partial charge in [-0.3, -0.25) is 9.69 Å². The zero-order valence-corrected chi connectivity index (χ0v) is 10.3. The minimum atomic E-state index is -0.527. The fraction of sp³-hybridized carbons (Fsp3) is 0.818. The van der Waals surface area contributed by atoms with Crippen LogP contribution in [0, 0.1) is 0 Å². The summed E-state index contributed by atoms with van der Waals surface area (Å²) in [6.45, 7) is 7.34. The first kappa shape index (κ1) is 12.8. The smallest absolute Gasteiger partial charge is 0.413 e. The fourth-order valence-corrected chi connectivity index (χ4v) is 1.58. The molecule has 0 aromatic rings. The molecule has 5 heteroatoms. The third kappa shape index (κ3) is 3.72. The van der Waals surface area contributed by atoms with Crippen molar-refractivity contribution >= 4 is 12.1 Å². The summed E-state index contributed by atoms with van der Waals surface area (Å²) in [4.78, 5) is 24.1. The Morgan fingerprint density at radius 3 is 2.44 bits per heavy atom. The molecule has 0 bridgehead atoms. The van der Waals surface area contributed by atoms with Crippen molar-refractivity contribution < 1.29 is 19.1 Å². The van der Waals surface area contributed by atoms with Crippen molar-refractivity contribution in [3.8, 4) is 0 Å². The van der Waals surface area contributed by atoms with E-state index in [1.54, 1.807) is 0 Å². The van der Waals surface area contributed by atoms with E-state index in [1.807, 2.05) is 20.8 Å². The first-order valence-corrected chi connectivity index (χ1v) is 5.46. The Morgan fingerprint density at radius 2 is 1.94 bits per heavy atom. The van der Waals surface area contributed by atoms with E-state index in [-0.39, 0.29) is 5.97 Å². The molecular formula is C11H19NO4. The number of amides is 1. The van der Waals surface area contributed by atoms with Crippen molar-refractivity contribution in [1.29, 1.82) is 0 Å². The standard InChI is InChI=1S/C11H19NO4/c1-8(13)15-9-6-5-7-12(9)10(14)16-11(2,3)4/h9H,5-7H2,1-4H3/t9-/m0/s1. The lowest BCUT2D eigenvalue weighted by Crippen LogP contribution is -2.41. The van der Waals surface area contributed by atoms with Gasteiger partial charge in [-0.25, -0.2) is 4.79 Å². The summed E-state index contributed by atoms with van der Waals surface area (Å²) in [5.74, 6) is -0.375. The molecule has 0 spiro atoms. The van der Waals surface area contributed by atoms with Gasteiger partial charge in [-0.15, -0.1) is 0 Å². The van der Waals surface area contributed by atoms with Crippen LogP contribution in [0.25, 0.3) is 0 Å². The van der Waals surface area contributed by atoms with Gasteiger partial charge in [0.1, 0.15) is 5.60 Å². The summed E-state index contributed by atoms with van der Waals surface area (Å²) in [5, 5.41) is 0. The number of esters is 1. The molecule has 1 atom stereocenters. The summed E-state index contributed by atoms with van der Waals surface area (Å²) in [6.07, 6.45) is 0.624. The van der Waals surface area contributed by atoms with Crippen LogP contribution in [0.3, 0.4) is 0 Å². The van der Waals surface area contributed by atoms with Crippen LogP contribution in [0.1, 0.15) is 40.5 Å². The lowest BCUT2D eigenvalue weighted by atomic mass is 10.2. The van der Waals surface area contributed by atoms with Gasteiger partial charge in [-0.2, -0.15) is 0 Å². The summed E-state index contributed by atoms with van der Waals surface area (Å²) < 4.78 is 10.3. The lowest BCUT2D eigenvalue weighted by Gasteiger charge is -2.27. The second kappa shape index (κ2) is 4.72. The van der Waals surface area contributed by atoms with Crippen LogP contribution in [0.4, 0.5) is 4.79 Å². The third-order valence-electron chi connectivity index (χ3n) is 2.13. The van der Waals surface area contributed by atoms with E-state index in [1.165, 1.54) is 11.8 Å². The number of ether oxygens (including phenoxy) is 2. The fourth-order valence-electron chi connectivity index (χ4n) is 1.58. The van der Waals surface area contributed by atoms with Gasteiger partial charge in [0, 0.05) is 19.9 Å². The SMILES string of the molecule is CC(=O)O[C@H]1CCCN1C(=O)OC(C)(C)C. The van der Waals surface area contributed by atoms with Crippen LogP contribution in [0.2, 0.25) is 0 Å². The number of hydrogen-bond acceptors (Lipinski definition) is 4. The molecule has 1 fully saturated rings. The molecule has 16 heavy (non-hydrogen) atoms. The number of rotatable bonds is 1. The summed E-state index contributed by atoms with van der Waals surface area (Å²) >= 11 is 0. The molecule has 1 aliphatic rings. The summed E-state index contributed by atoms with van der Waals surface area (Å²) in [6, 6.07) is 0. The topological polar surface area (TPSA) is 55.8 Å². The number of nitrogens with zero attached hydrogens (tertiary/aromatic N) is 1. The van der Waals surface area contributed by atoms with Gasteiger partial charge in [-0.05, 0) is 27.2 Å². The first-order chi connectivity index (χ1) is 7.29. The molecule has 92 valence electrons. The van der Waals surface area contributed by atoms with Gasteiger partial charge in [0.15, 0.2) is 6.23 Å². The molecule has 1 heterocycles. The number of likely N-dealkylation sites (tertiary alicyclic amines) is 1. The van der Waals surface area contributed by atoms with Crippen LogP contribution in [-0.2, 0) is 14.3 Å². The predicted molar refractivity (Wildman–Crippen MR) is 57.7 cm³/mol. The van der Waals surface area contributed by atoms with Crippen molar-refractivity contribution in [3.05, 3.63) is 0 Å². The van der Waals surface area contributed by atoms with Crippen molar-refractivity contribution in [2.45, 2.75) is 52.4 Å². The van der Waals surface area contributed by atoms with Gasteiger partial charge in [0.05, 0.1) is 0 Å². The molecule has 1 rings (SSSR count). The van der Waals surface area contributed by atoms with E-state index >= 15 is 0 Å². The van der Waals surface area contributed by atoms with Gasteiger partial charge in [-0.1, -0.05) is 0 Å². The van der Waals surface area contributed by atoms with Gasteiger partial charge >= 0.3 is 12.1 Å². The Morgan fingerprint density at radius 1 is 1.31 bits per heavy atom. The van der Waals surface area contributed by atoms with Crippen LogP contribution in [0.15, 0.2) is 0 Å². The highest BCUT2D eigenvalue weighted by molar-refractivity contribution is 5.70. The molecule has 5 nitrogen and oxygen atoms in total. The molecule has 1 aliphatic heterocycles. The van der Waals surface area contributed by atoms with Crippen LogP contribution < -0.4 is 0 Å². The zero-order valence-electron chi connectivity index (χ0n) is 10.3. The average molecular weight is 229 g/mol. The minimum absolute atomic E-state index is 0.375. The Bertz CT molecular complexity index is 282. The molecule has 1 amide bonds. The highest BCUT2D eigenvalue weighted by atomic mass is 16.6. The monoisotopic (exact) mass is 229 g/mol. The number of carbonyl (C=O) groups is 2. The van der Waals surface area contributed by atoms with Gasteiger partial charge in [0.2, 0.25) is 0 Å². The zero-order chi connectivity index (χ0) is 12.3. The molecular weight excluding hydrogens is 210 g/mol. The molecule has 0 unspecified atom stereocenters. The van der Waals surface area contributed by atoms with E-state index in [0.717, 1.165) is 6.42 Å². The minimum Gasteiger partial charge on any atom is -0.444 e. The van der Waals surface area contributed by atoms with E-state index in [0.29, 0.717) is 13.0 Å². The summed E-state index contributed by atoms with van der Waals surface area (Å²) in [5.41, 5.74) is -0.527. The second-order valence-electron chi connectivity index (χ2n) is 4.88. The molecule has 0 aromatic carbocycles. The molecule has 0 aromatic heterocycles. The van der Waals surface area contributed by atoms with Crippen molar-refractivity contribution in [2.24, 2.45) is 0 Å². The van der Waals surface area contributed by atoms with Crippen LogP contribution in [0.5, 0.6) is 0 Å². The maximum atomic E-state index is 11.8. The third-order valence-corrected chi connectivity index (χ3v) is 2.13. The highest BCUT2D eigenvalue weighted by Crippen LogP contribution is 2.21. The quantitative estimate of drug-likeness (QED) is 0.644. The number of hydrogen-bond donors (Lipinski definition) is 0. The van der Waals surface area contributed by atoms with Crippen LogP contribution >= 0.6 is 0 Å². The molecule has 0 N–H and O–H groups in total. The Kier molecular flexibility index (Phi) is 3.78. The Balaban J connectivity index is 2.57. The first-order valence-electron chi connectivity index (χ1n) is 5.46. The second-order valence-corrected chi connectivity index (χ2v) is 4.88. The predicted octanol–water partition coefficient (Wildman–Crippen LogP) is 1.91. The molecule has 0 saturated carbocycles. The maximum Gasteiger partial charge on any atom is 0.413 e. The van der Waals surface area contributed by atoms with E-state index < -0.39 is 17.9 Å². The highest BCUT2D eigenvalue weighted by Gasteiger charge is 2.33. The Labute approximate surface area is 95.7 Å². The lowest BCUT2D eigenvalue weighted by molar-refractivity contribution is -0.152. The maximum absolute atomic E-state index is 11.8. The molecule has 1 saturated heterocycles. The van der Waals surface area contributed by atoms with Crippen LogP contribution in [-0.4, -0.2) is 35.3 Å². The number of carbonyl (C=O) groups excluding carboxylic acids is 2. The summed E-state index contributed by atoms with van der Waals surface area (Å²) in [7, 11) is 0. The van der Waals surface area contributed by atoms with Crippen molar-refractivity contribution in [2.75, 3.05) is 6.54 Å². The van der Waals surface area contributed by atoms with Gasteiger partial charge < -0.3 is 9.47 Å². The normalized spacial score (nSPS) is 20.8. The van der Waals surface area contributed by atoms with E-state index in [9.17, 15) is 9.59 Å². The molecule has 0 aliphatic carbocycles. The van der Waals surface area contributed by atoms with E-state index in [4.69, 9.17) is 9.47 Å². The largest absolute Gasteiger partial charge is 0.444 e. The average Bonchev–Trinajstić information content (AvgIpc) is 2.47. The molecule has 0 radical (unpaired) electrons. The van der Waals surface area contributed by atoms with E-state index in [2.05, 4.69) is 0 Å². The Hall–Kier alpha value is -1.26.